The lowest BCUT2D eigenvalue weighted by atomic mass is 9.92. The summed E-state index contributed by atoms with van der Waals surface area (Å²) in [5.41, 5.74) is 3.66. The van der Waals surface area contributed by atoms with Gasteiger partial charge in [-0.1, -0.05) is 27.7 Å². The molecule has 0 saturated carbocycles. The Morgan fingerprint density at radius 2 is 1.40 bits per heavy atom. The second kappa shape index (κ2) is 5.80. The summed E-state index contributed by atoms with van der Waals surface area (Å²) in [5.74, 6) is 1.36. The van der Waals surface area contributed by atoms with Gasteiger partial charge < -0.3 is 5.32 Å². The molecule has 0 aliphatic heterocycles. The summed E-state index contributed by atoms with van der Waals surface area (Å²) in [6.07, 6.45) is 0. The van der Waals surface area contributed by atoms with Crippen LogP contribution in [0.5, 0.6) is 0 Å². The van der Waals surface area contributed by atoms with Crippen molar-refractivity contribution in [3.63, 3.8) is 0 Å². The van der Waals surface area contributed by atoms with Crippen LogP contribution < -0.4 is 5.32 Å². The zero-order chi connectivity index (χ0) is 15.7. The fraction of sp³-hybridized carbons (Fsp3) is 0.765. The minimum atomic E-state index is 0.000940. The summed E-state index contributed by atoms with van der Waals surface area (Å²) in [7, 11) is 0. The quantitative estimate of drug-likeness (QED) is 0.911. The van der Waals surface area contributed by atoms with E-state index in [4.69, 9.17) is 9.97 Å². The van der Waals surface area contributed by atoms with Crippen molar-refractivity contribution in [3.8, 4) is 0 Å². The van der Waals surface area contributed by atoms with Crippen LogP contribution in [0.3, 0.4) is 0 Å². The van der Waals surface area contributed by atoms with Crippen molar-refractivity contribution in [2.45, 2.75) is 79.2 Å². The van der Waals surface area contributed by atoms with Gasteiger partial charge in [-0.15, -0.1) is 0 Å². The molecular weight excluding hydrogens is 246 g/mol. The zero-order valence-corrected chi connectivity index (χ0v) is 14.7. The van der Waals surface area contributed by atoms with Gasteiger partial charge in [-0.05, 0) is 46.1 Å². The van der Waals surface area contributed by atoms with Crippen LogP contribution in [-0.4, -0.2) is 22.1 Å². The third-order valence-corrected chi connectivity index (χ3v) is 3.43. The molecule has 0 aromatic carbocycles. The second-order valence-corrected chi connectivity index (χ2v) is 7.91. The van der Waals surface area contributed by atoms with Crippen molar-refractivity contribution < 1.29 is 0 Å². The van der Waals surface area contributed by atoms with Crippen LogP contribution in [0.15, 0.2) is 0 Å². The molecule has 1 atom stereocenters. The number of nitrogens with zero attached hydrogens (tertiary/aromatic N) is 2. The number of aromatic nitrogens is 2. The van der Waals surface area contributed by atoms with E-state index < -0.39 is 0 Å². The molecule has 0 bridgehead atoms. The normalized spacial score (nSPS) is 14.4. The minimum absolute atomic E-state index is 0.000940. The summed E-state index contributed by atoms with van der Waals surface area (Å²) >= 11 is 0. The molecule has 0 aliphatic carbocycles. The topological polar surface area (TPSA) is 37.8 Å². The van der Waals surface area contributed by atoms with Gasteiger partial charge in [0.15, 0.2) is 0 Å². The zero-order valence-electron chi connectivity index (χ0n) is 14.7. The Morgan fingerprint density at radius 1 is 0.950 bits per heavy atom. The van der Waals surface area contributed by atoms with Crippen LogP contribution >= 0.6 is 0 Å². The van der Waals surface area contributed by atoms with E-state index >= 15 is 0 Å². The van der Waals surface area contributed by atoms with E-state index in [9.17, 15) is 0 Å². The minimum Gasteiger partial charge on any atom is -0.311 e. The molecule has 114 valence electrons. The second-order valence-electron chi connectivity index (χ2n) is 7.91. The first-order chi connectivity index (χ1) is 8.92. The van der Waals surface area contributed by atoms with E-state index in [-0.39, 0.29) is 11.0 Å². The Labute approximate surface area is 124 Å². The van der Waals surface area contributed by atoms with Crippen LogP contribution in [0.25, 0.3) is 0 Å². The SMILES string of the molecule is Cc1nc(C(C)(C)C)nc(C)c1C(C)CNC(C)(C)C. The van der Waals surface area contributed by atoms with Gasteiger partial charge in [0.2, 0.25) is 0 Å². The van der Waals surface area contributed by atoms with Gasteiger partial charge in [-0.25, -0.2) is 9.97 Å². The number of rotatable bonds is 3. The van der Waals surface area contributed by atoms with Crippen molar-refractivity contribution >= 4 is 0 Å². The lowest BCUT2D eigenvalue weighted by molar-refractivity contribution is 0.410. The van der Waals surface area contributed by atoms with Gasteiger partial charge in [0, 0.05) is 28.9 Å². The third-order valence-electron chi connectivity index (χ3n) is 3.43. The molecule has 0 fully saturated rings. The van der Waals surface area contributed by atoms with E-state index in [0.717, 1.165) is 23.8 Å². The van der Waals surface area contributed by atoms with E-state index in [2.05, 4.69) is 67.6 Å². The van der Waals surface area contributed by atoms with Crippen molar-refractivity contribution in [1.29, 1.82) is 0 Å². The van der Waals surface area contributed by atoms with E-state index in [1.54, 1.807) is 0 Å². The number of hydrogen-bond donors (Lipinski definition) is 1. The van der Waals surface area contributed by atoms with Gasteiger partial charge in [0.05, 0.1) is 0 Å². The first-order valence-electron chi connectivity index (χ1n) is 7.52. The summed E-state index contributed by atoms with van der Waals surface area (Å²) < 4.78 is 0. The summed E-state index contributed by atoms with van der Waals surface area (Å²) in [6, 6.07) is 0. The first kappa shape index (κ1) is 17.1. The fourth-order valence-corrected chi connectivity index (χ4v) is 2.33. The summed E-state index contributed by atoms with van der Waals surface area (Å²) in [6.45, 7) is 20.5. The Kier molecular flexibility index (Phi) is 4.96. The molecule has 20 heavy (non-hydrogen) atoms. The molecule has 0 radical (unpaired) electrons. The maximum atomic E-state index is 4.73. The summed E-state index contributed by atoms with van der Waals surface area (Å²) in [4.78, 5) is 9.46. The smallest absolute Gasteiger partial charge is 0.134 e. The molecule has 0 aliphatic rings. The monoisotopic (exact) mass is 277 g/mol. The Bertz CT molecular complexity index is 441. The van der Waals surface area contributed by atoms with E-state index in [1.807, 2.05) is 0 Å². The van der Waals surface area contributed by atoms with E-state index in [0.29, 0.717) is 5.92 Å². The highest BCUT2D eigenvalue weighted by molar-refractivity contribution is 5.29. The molecule has 3 heteroatoms. The maximum absolute atomic E-state index is 4.73. The van der Waals surface area contributed by atoms with Gasteiger partial charge in [0.1, 0.15) is 5.82 Å². The lowest BCUT2D eigenvalue weighted by Gasteiger charge is -2.26. The molecule has 3 nitrogen and oxygen atoms in total. The molecular formula is C17H31N3. The van der Waals surface area contributed by atoms with Gasteiger partial charge in [0.25, 0.3) is 0 Å². The highest BCUT2D eigenvalue weighted by Gasteiger charge is 2.22. The van der Waals surface area contributed by atoms with E-state index in [1.165, 1.54) is 5.56 Å². The van der Waals surface area contributed by atoms with Crippen molar-refractivity contribution in [3.05, 3.63) is 22.8 Å². The average Bonchev–Trinajstić information content (AvgIpc) is 2.23. The Balaban J connectivity index is 3.02. The van der Waals surface area contributed by atoms with Crippen molar-refractivity contribution in [2.24, 2.45) is 0 Å². The first-order valence-corrected chi connectivity index (χ1v) is 7.52. The molecule has 0 spiro atoms. The van der Waals surface area contributed by atoms with Gasteiger partial charge >= 0.3 is 0 Å². The van der Waals surface area contributed by atoms with Crippen LogP contribution in [0.2, 0.25) is 0 Å². The predicted molar refractivity (Wildman–Crippen MR) is 86.4 cm³/mol. The highest BCUT2D eigenvalue weighted by atomic mass is 15.0. The molecule has 1 aromatic rings. The van der Waals surface area contributed by atoms with Crippen LogP contribution in [0, 0.1) is 13.8 Å². The van der Waals surface area contributed by atoms with Crippen molar-refractivity contribution in [1.82, 2.24) is 15.3 Å². The number of aryl methyl sites for hydroxylation is 2. The molecule has 1 unspecified atom stereocenters. The maximum Gasteiger partial charge on any atom is 0.134 e. The van der Waals surface area contributed by atoms with Crippen LogP contribution in [-0.2, 0) is 5.41 Å². The molecule has 1 rings (SSSR count). The molecule has 0 amide bonds. The van der Waals surface area contributed by atoms with Crippen LogP contribution in [0.1, 0.15) is 77.2 Å². The van der Waals surface area contributed by atoms with Crippen molar-refractivity contribution in [2.75, 3.05) is 6.54 Å². The predicted octanol–water partition coefficient (Wildman–Crippen LogP) is 3.88. The molecule has 1 heterocycles. The Morgan fingerprint density at radius 3 is 1.75 bits per heavy atom. The Hall–Kier alpha value is -0.960. The fourth-order valence-electron chi connectivity index (χ4n) is 2.33. The van der Waals surface area contributed by atoms with Crippen LogP contribution in [0.4, 0.5) is 0 Å². The molecule has 1 aromatic heterocycles. The lowest BCUT2D eigenvalue weighted by Crippen LogP contribution is -2.38. The molecule has 0 saturated heterocycles. The van der Waals surface area contributed by atoms with Gasteiger partial charge in [-0.3, -0.25) is 0 Å². The third kappa shape index (κ3) is 4.55. The molecule has 1 N–H and O–H groups in total. The van der Waals surface area contributed by atoms with Gasteiger partial charge in [-0.2, -0.15) is 0 Å². The highest BCUT2D eigenvalue weighted by Crippen LogP contribution is 2.25. The summed E-state index contributed by atoms with van der Waals surface area (Å²) in [5, 5.41) is 3.56. The standard InChI is InChI=1S/C17H31N3/c1-11(10-18-17(7,8)9)14-12(2)19-15(16(4,5)6)20-13(14)3/h11,18H,10H2,1-9H3. The number of hydrogen-bond acceptors (Lipinski definition) is 3. The average molecular weight is 277 g/mol. The number of nitrogens with one attached hydrogen (secondary N) is 1. The largest absolute Gasteiger partial charge is 0.311 e.